The quantitative estimate of drug-likeness (QED) is 0.397. The van der Waals surface area contributed by atoms with Crippen molar-refractivity contribution in [2.75, 3.05) is 13.1 Å². The lowest BCUT2D eigenvalue weighted by Gasteiger charge is -2.26. The minimum atomic E-state index is -0.888. The molecule has 1 aliphatic rings. The third kappa shape index (κ3) is 7.44. The largest absolute Gasteiger partial charge is 0.478 e. The molecular weight excluding hydrogens is 362 g/mol. The summed E-state index contributed by atoms with van der Waals surface area (Å²) in [5.74, 6) is -0.888. The van der Waals surface area contributed by atoms with Crippen LogP contribution in [0.5, 0.6) is 0 Å². The Morgan fingerprint density at radius 2 is 1.93 bits per heavy atom. The van der Waals surface area contributed by atoms with Gasteiger partial charge in [-0.25, -0.2) is 4.79 Å². The number of aromatic carboxylic acids is 1. The van der Waals surface area contributed by atoms with Crippen molar-refractivity contribution in [3.05, 3.63) is 35.4 Å². The van der Waals surface area contributed by atoms with Crippen molar-refractivity contribution >= 4 is 17.6 Å². The van der Waals surface area contributed by atoms with Gasteiger partial charge in [0, 0.05) is 6.04 Å². The number of rotatable bonds is 12. The maximum atomic E-state index is 10.9. The van der Waals surface area contributed by atoms with E-state index in [-0.39, 0.29) is 11.5 Å². The number of hydrogen-bond donors (Lipinski definition) is 2. The van der Waals surface area contributed by atoms with E-state index in [2.05, 4.69) is 11.8 Å². The maximum absolute atomic E-state index is 10.9. The van der Waals surface area contributed by atoms with E-state index in [4.69, 9.17) is 16.7 Å². The van der Waals surface area contributed by atoms with Gasteiger partial charge >= 0.3 is 5.97 Å². The van der Waals surface area contributed by atoms with E-state index in [0.717, 1.165) is 63.6 Å². The summed E-state index contributed by atoms with van der Waals surface area (Å²) in [7, 11) is 0. The van der Waals surface area contributed by atoms with Crippen LogP contribution in [0.4, 0.5) is 0 Å². The van der Waals surface area contributed by atoms with Gasteiger partial charge in [-0.1, -0.05) is 38.3 Å². The van der Waals surface area contributed by atoms with E-state index in [9.17, 15) is 9.90 Å². The molecule has 1 saturated heterocycles. The minimum Gasteiger partial charge on any atom is -0.478 e. The fraction of sp³-hybridized carbons (Fsp3) is 0.682. The van der Waals surface area contributed by atoms with Gasteiger partial charge in [-0.15, -0.1) is 11.6 Å². The highest BCUT2D eigenvalue weighted by molar-refractivity contribution is 6.21. The highest BCUT2D eigenvalue weighted by Crippen LogP contribution is 2.27. The minimum absolute atomic E-state index is 0.169. The molecule has 1 heterocycles. The predicted octanol–water partition coefficient (Wildman–Crippen LogP) is 4.72. The van der Waals surface area contributed by atoms with Crippen molar-refractivity contribution in [2.24, 2.45) is 0 Å². The van der Waals surface area contributed by atoms with Gasteiger partial charge in [0.25, 0.3) is 0 Å². The van der Waals surface area contributed by atoms with E-state index in [1.807, 2.05) is 12.1 Å². The van der Waals surface area contributed by atoms with Crippen LogP contribution in [0.25, 0.3) is 0 Å². The molecule has 27 heavy (non-hydrogen) atoms. The molecule has 0 amide bonds. The van der Waals surface area contributed by atoms with E-state index in [0.29, 0.717) is 11.6 Å². The summed E-state index contributed by atoms with van der Waals surface area (Å²) in [4.78, 5) is 13.4. The van der Waals surface area contributed by atoms with Crippen LogP contribution >= 0.6 is 11.6 Å². The zero-order chi connectivity index (χ0) is 19.6. The number of unbranched alkanes of at least 4 members (excludes halogenated alkanes) is 2. The second kappa shape index (κ2) is 11.7. The van der Waals surface area contributed by atoms with Crippen molar-refractivity contribution in [2.45, 2.75) is 82.2 Å². The van der Waals surface area contributed by atoms with Crippen LogP contribution in [-0.2, 0) is 6.42 Å². The van der Waals surface area contributed by atoms with Crippen molar-refractivity contribution < 1.29 is 15.0 Å². The number of carboxylic acids is 1. The third-order valence-electron chi connectivity index (χ3n) is 5.63. The first-order valence-electron chi connectivity index (χ1n) is 10.4. The number of aliphatic hydroxyl groups excluding tert-OH is 1. The fourth-order valence-electron chi connectivity index (χ4n) is 3.95. The number of halogens is 1. The summed E-state index contributed by atoms with van der Waals surface area (Å²) in [5.41, 5.74) is 1.48. The van der Waals surface area contributed by atoms with Crippen LogP contribution < -0.4 is 0 Å². The molecule has 1 aromatic rings. The van der Waals surface area contributed by atoms with Gasteiger partial charge in [0.05, 0.1) is 17.0 Å². The fourth-order valence-corrected chi connectivity index (χ4v) is 4.33. The molecule has 3 atom stereocenters. The van der Waals surface area contributed by atoms with Crippen molar-refractivity contribution in [1.82, 2.24) is 4.90 Å². The Morgan fingerprint density at radius 3 is 2.59 bits per heavy atom. The normalized spacial score (nSPS) is 21.4. The molecule has 0 spiro atoms. The topological polar surface area (TPSA) is 60.8 Å². The summed E-state index contributed by atoms with van der Waals surface area (Å²) < 4.78 is 0. The molecule has 4 nitrogen and oxygen atoms in total. The van der Waals surface area contributed by atoms with E-state index < -0.39 is 5.97 Å². The summed E-state index contributed by atoms with van der Waals surface area (Å²) in [5, 5.41) is 19.3. The highest BCUT2D eigenvalue weighted by atomic mass is 35.5. The number of aryl methyl sites for hydroxylation is 1. The average molecular weight is 396 g/mol. The zero-order valence-corrected chi connectivity index (χ0v) is 17.2. The summed E-state index contributed by atoms with van der Waals surface area (Å²) in [6.45, 7) is 4.21. The van der Waals surface area contributed by atoms with Crippen molar-refractivity contribution in [3.8, 4) is 0 Å². The number of alkyl halides is 1. The van der Waals surface area contributed by atoms with Crippen molar-refractivity contribution in [3.63, 3.8) is 0 Å². The Labute approximate surface area is 168 Å². The summed E-state index contributed by atoms with van der Waals surface area (Å²) >= 11 is 6.56. The molecule has 5 heteroatoms. The zero-order valence-electron chi connectivity index (χ0n) is 16.4. The first-order chi connectivity index (χ1) is 13.0. The Hall–Kier alpha value is -1.10. The van der Waals surface area contributed by atoms with Crippen LogP contribution in [-0.4, -0.2) is 51.7 Å². The molecule has 0 aliphatic carbocycles. The standard InChI is InChI=1S/C22H34ClNO3/c1-2-3-4-6-19(25)7-5-15-24-16-14-20(23)21(24)13-10-17-8-11-18(12-9-17)22(26)27/h8-9,11-12,19-21,25H,2-7,10,13-16H2,1H3,(H,26,27)/t19?,20?,21-/m0/s1. The molecule has 1 fully saturated rings. The van der Waals surface area contributed by atoms with Gasteiger partial charge in [-0.3, -0.25) is 4.90 Å². The smallest absolute Gasteiger partial charge is 0.335 e. The molecular formula is C22H34ClNO3. The Morgan fingerprint density at radius 1 is 1.22 bits per heavy atom. The molecule has 0 aromatic heterocycles. The van der Waals surface area contributed by atoms with Crippen LogP contribution in [0.3, 0.4) is 0 Å². The second-order valence-electron chi connectivity index (χ2n) is 7.74. The van der Waals surface area contributed by atoms with E-state index in [1.54, 1.807) is 12.1 Å². The van der Waals surface area contributed by atoms with E-state index >= 15 is 0 Å². The van der Waals surface area contributed by atoms with Gasteiger partial charge in [0.2, 0.25) is 0 Å². The average Bonchev–Trinajstić information content (AvgIpc) is 3.00. The molecule has 0 saturated carbocycles. The molecule has 152 valence electrons. The summed E-state index contributed by atoms with van der Waals surface area (Å²) in [6.07, 6.45) is 9.06. The van der Waals surface area contributed by atoms with Gasteiger partial charge < -0.3 is 10.2 Å². The van der Waals surface area contributed by atoms with Crippen LogP contribution in [0.2, 0.25) is 0 Å². The Kier molecular flexibility index (Phi) is 9.60. The first kappa shape index (κ1) is 22.2. The molecule has 1 aromatic carbocycles. The molecule has 2 unspecified atom stereocenters. The number of carboxylic acid groups (broad SMARTS) is 1. The van der Waals surface area contributed by atoms with Crippen LogP contribution in [0, 0.1) is 0 Å². The third-order valence-corrected chi connectivity index (χ3v) is 6.14. The van der Waals surface area contributed by atoms with Crippen LogP contribution in [0.15, 0.2) is 24.3 Å². The lowest BCUT2D eigenvalue weighted by atomic mass is 10.0. The first-order valence-corrected chi connectivity index (χ1v) is 10.8. The monoisotopic (exact) mass is 395 g/mol. The summed E-state index contributed by atoms with van der Waals surface area (Å²) in [6, 6.07) is 7.50. The van der Waals surface area contributed by atoms with Gasteiger partial charge in [-0.05, 0) is 69.3 Å². The van der Waals surface area contributed by atoms with Gasteiger partial charge in [-0.2, -0.15) is 0 Å². The SMILES string of the molecule is CCCCCC(O)CCCN1CCC(Cl)[C@@H]1CCc1ccc(C(=O)O)cc1. The van der Waals surface area contributed by atoms with Crippen LogP contribution in [0.1, 0.15) is 74.2 Å². The van der Waals surface area contributed by atoms with E-state index in [1.165, 1.54) is 12.8 Å². The Balaban J connectivity index is 1.74. The van der Waals surface area contributed by atoms with Gasteiger partial charge in [0.15, 0.2) is 0 Å². The number of aliphatic hydroxyl groups is 1. The van der Waals surface area contributed by atoms with Gasteiger partial charge in [0.1, 0.15) is 0 Å². The number of hydrogen-bond acceptors (Lipinski definition) is 3. The molecule has 0 radical (unpaired) electrons. The molecule has 2 rings (SSSR count). The number of likely N-dealkylation sites (tertiary alicyclic amines) is 1. The Bertz CT molecular complexity index is 563. The second-order valence-corrected chi connectivity index (χ2v) is 8.30. The number of nitrogens with zero attached hydrogens (tertiary/aromatic N) is 1. The number of benzene rings is 1. The predicted molar refractivity (Wildman–Crippen MR) is 111 cm³/mol. The highest BCUT2D eigenvalue weighted by Gasteiger charge is 2.31. The molecule has 1 aliphatic heterocycles. The lowest BCUT2D eigenvalue weighted by Crippen LogP contribution is -2.34. The molecule has 0 bridgehead atoms. The molecule has 2 N–H and O–H groups in total. The maximum Gasteiger partial charge on any atom is 0.335 e. The number of carbonyl (C=O) groups is 1. The lowest BCUT2D eigenvalue weighted by molar-refractivity contribution is 0.0697. The van der Waals surface area contributed by atoms with Crippen molar-refractivity contribution in [1.29, 1.82) is 0 Å².